The zero-order valence-corrected chi connectivity index (χ0v) is 10.9. The minimum atomic E-state index is -0.353. The monoisotopic (exact) mass is 248 g/mol. The molecule has 1 aliphatic rings. The highest BCUT2D eigenvalue weighted by Crippen LogP contribution is 2.19. The summed E-state index contributed by atoms with van der Waals surface area (Å²) < 4.78 is 0. The van der Waals surface area contributed by atoms with Crippen molar-refractivity contribution in [1.29, 1.82) is 0 Å². The van der Waals surface area contributed by atoms with E-state index >= 15 is 0 Å². The van der Waals surface area contributed by atoms with E-state index in [1.807, 2.05) is 32.0 Å². The lowest BCUT2D eigenvalue weighted by Gasteiger charge is -2.18. The van der Waals surface area contributed by atoms with Crippen LogP contribution in [-0.4, -0.2) is 41.7 Å². The molecule has 1 atom stereocenters. The summed E-state index contributed by atoms with van der Waals surface area (Å²) >= 11 is 0. The molecule has 18 heavy (non-hydrogen) atoms. The number of carbonyl (C=O) groups is 1. The van der Waals surface area contributed by atoms with Gasteiger partial charge >= 0.3 is 0 Å². The fraction of sp³-hybridized carbons (Fsp3) is 0.500. The Morgan fingerprint density at radius 3 is 2.67 bits per heavy atom. The molecule has 1 aromatic rings. The van der Waals surface area contributed by atoms with E-state index in [1.165, 1.54) is 0 Å². The number of rotatable bonds is 3. The zero-order valence-electron chi connectivity index (χ0n) is 10.9. The Bertz CT molecular complexity index is 425. The number of aliphatic hydroxyl groups excluding tert-OH is 1. The van der Waals surface area contributed by atoms with Crippen molar-refractivity contribution in [2.24, 2.45) is 0 Å². The van der Waals surface area contributed by atoms with Crippen molar-refractivity contribution >= 4 is 11.6 Å². The molecule has 98 valence electrons. The van der Waals surface area contributed by atoms with Crippen LogP contribution in [0.3, 0.4) is 0 Å². The summed E-state index contributed by atoms with van der Waals surface area (Å²) in [6, 6.07) is 6.06. The Kier molecular flexibility index (Phi) is 3.87. The first-order chi connectivity index (χ1) is 8.58. The molecule has 0 radical (unpaired) electrons. The average Bonchev–Trinajstić information content (AvgIpc) is 2.75. The van der Waals surface area contributed by atoms with E-state index < -0.39 is 0 Å². The largest absolute Gasteiger partial charge is 0.391 e. The third-order valence-electron chi connectivity index (χ3n) is 3.41. The maximum atomic E-state index is 11.9. The minimum Gasteiger partial charge on any atom is -0.391 e. The smallest absolute Gasteiger partial charge is 0.241 e. The lowest BCUT2D eigenvalue weighted by atomic mass is 10.1. The summed E-state index contributed by atoms with van der Waals surface area (Å²) in [5.41, 5.74) is 3.32. The van der Waals surface area contributed by atoms with Crippen LogP contribution in [0.1, 0.15) is 17.5 Å². The molecule has 1 heterocycles. The molecule has 4 nitrogen and oxygen atoms in total. The van der Waals surface area contributed by atoms with Crippen LogP contribution in [0, 0.1) is 13.8 Å². The van der Waals surface area contributed by atoms with E-state index in [0.717, 1.165) is 16.8 Å². The molecule has 1 fully saturated rings. The van der Waals surface area contributed by atoms with Gasteiger partial charge in [0.2, 0.25) is 5.91 Å². The lowest BCUT2D eigenvalue weighted by Crippen LogP contribution is -2.34. The number of hydrogen-bond acceptors (Lipinski definition) is 3. The summed E-state index contributed by atoms with van der Waals surface area (Å²) in [5, 5.41) is 12.6. The Hall–Kier alpha value is -1.55. The van der Waals surface area contributed by atoms with Crippen LogP contribution in [0.25, 0.3) is 0 Å². The molecule has 1 saturated heterocycles. The number of amides is 1. The second-order valence-electron chi connectivity index (χ2n) is 4.90. The molecule has 4 heteroatoms. The number of carbonyl (C=O) groups excluding carboxylic acids is 1. The third kappa shape index (κ3) is 2.82. The van der Waals surface area contributed by atoms with Gasteiger partial charge in [0.05, 0.1) is 12.6 Å². The molecule has 2 rings (SSSR count). The summed E-state index contributed by atoms with van der Waals surface area (Å²) in [6.45, 7) is 5.47. The van der Waals surface area contributed by atoms with Gasteiger partial charge in [0.25, 0.3) is 0 Å². The summed E-state index contributed by atoms with van der Waals surface area (Å²) in [7, 11) is 0. The fourth-order valence-electron chi connectivity index (χ4n) is 2.34. The number of nitrogens with one attached hydrogen (secondary N) is 1. The quantitative estimate of drug-likeness (QED) is 0.848. The second kappa shape index (κ2) is 5.40. The summed E-state index contributed by atoms with van der Waals surface area (Å²) in [5.74, 6) is 0.0502. The number of benzene rings is 1. The van der Waals surface area contributed by atoms with Crippen molar-refractivity contribution in [1.82, 2.24) is 4.90 Å². The van der Waals surface area contributed by atoms with Gasteiger partial charge in [0.15, 0.2) is 0 Å². The van der Waals surface area contributed by atoms with E-state index in [-0.39, 0.29) is 12.0 Å². The Labute approximate surface area is 108 Å². The normalized spacial score (nSPS) is 19.1. The van der Waals surface area contributed by atoms with Gasteiger partial charge in [0, 0.05) is 18.8 Å². The predicted molar refractivity (Wildman–Crippen MR) is 71.6 cm³/mol. The van der Waals surface area contributed by atoms with Crippen LogP contribution in [-0.2, 0) is 4.79 Å². The highest BCUT2D eigenvalue weighted by atomic mass is 16.3. The highest BCUT2D eigenvalue weighted by molar-refractivity contribution is 5.81. The van der Waals surface area contributed by atoms with Crippen LogP contribution in [0.5, 0.6) is 0 Å². The zero-order chi connectivity index (χ0) is 13.1. The number of likely N-dealkylation sites (tertiary alicyclic amines) is 1. The van der Waals surface area contributed by atoms with Gasteiger partial charge in [-0.1, -0.05) is 18.2 Å². The fourth-order valence-corrected chi connectivity index (χ4v) is 2.34. The van der Waals surface area contributed by atoms with Gasteiger partial charge in [-0.15, -0.1) is 0 Å². The van der Waals surface area contributed by atoms with E-state index in [9.17, 15) is 9.90 Å². The molecular weight excluding hydrogens is 228 g/mol. The van der Waals surface area contributed by atoms with Crippen LogP contribution in [0.2, 0.25) is 0 Å². The maximum absolute atomic E-state index is 11.9. The lowest BCUT2D eigenvalue weighted by molar-refractivity contribution is -0.128. The summed E-state index contributed by atoms with van der Waals surface area (Å²) in [4.78, 5) is 13.7. The molecule has 1 aliphatic heterocycles. The Morgan fingerprint density at radius 2 is 2.11 bits per heavy atom. The first kappa shape index (κ1) is 12.9. The molecule has 0 bridgehead atoms. The molecule has 0 aromatic heterocycles. The van der Waals surface area contributed by atoms with Crippen LogP contribution in [0.4, 0.5) is 5.69 Å². The Balaban J connectivity index is 1.93. The van der Waals surface area contributed by atoms with Gasteiger partial charge in [-0.25, -0.2) is 0 Å². The van der Waals surface area contributed by atoms with Gasteiger partial charge in [0.1, 0.15) is 0 Å². The summed E-state index contributed by atoms with van der Waals surface area (Å²) in [6.07, 6.45) is 0.337. The number of anilines is 1. The van der Waals surface area contributed by atoms with E-state index in [2.05, 4.69) is 5.32 Å². The molecule has 0 unspecified atom stereocenters. The molecule has 0 saturated carbocycles. The third-order valence-corrected chi connectivity index (χ3v) is 3.41. The molecule has 1 aromatic carbocycles. The maximum Gasteiger partial charge on any atom is 0.241 e. The first-order valence-corrected chi connectivity index (χ1v) is 6.34. The van der Waals surface area contributed by atoms with Crippen molar-refractivity contribution < 1.29 is 9.90 Å². The highest BCUT2D eigenvalue weighted by Gasteiger charge is 2.24. The first-order valence-electron chi connectivity index (χ1n) is 6.34. The number of β-amino-alcohol motifs (C(OH)–C–C–N with tert-alkyl or cyclic N) is 1. The van der Waals surface area contributed by atoms with Crippen molar-refractivity contribution in [3.63, 3.8) is 0 Å². The number of aryl methyl sites for hydroxylation is 2. The second-order valence-corrected chi connectivity index (χ2v) is 4.90. The predicted octanol–water partition coefficient (Wildman–Crippen LogP) is 1.31. The molecule has 0 spiro atoms. The van der Waals surface area contributed by atoms with E-state index in [1.54, 1.807) is 4.90 Å². The van der Waals surface area contributed by atoms with Crippen molar-refractivity contribution in [2.45, 2.75) is 26.4 Å². The molecule has 0 aliphatic carbocycles. The van der Waals surface area contributed by atoms with Crippen LogP contribution in [0.15, 0.2) is 18.2 Å². The van der Waals surface area contributed by atoms with Crippen LogP contribution < -0.4 is 5.32 Å². The van der Waals surface area contributed by atoms with E-state index in [4.69, 9.17) is 0 Å². The van der Waals surface area contributed by atoms with Gasteiger partial charge < -0.3 is 15.3 Å². The standard InChI is InChI=1S/C14H20N2O2/c1-10-4-3-5-11(2)14(10)15-8-13(18)16-7-6-12(17)9-16/h3-5,12,15,17H,6-9H2,1-2H3/t12-/m0/s1. The van der Waals surface area contributed by atoms with Gasteiger partial charge in [-0.05, 0) is 31.4 Å². The average molecular weight is 248 g/mol. The van der Waals surface area contributed by atoms with Crippen LogP contribution >= 0.6 is 0 Å². The van der Waals surface area contributed by atoms with Crippen molar-refractivity contribution in [2.75, 3.05) is 25.0 Å². The molecular formula is C14H20N2O2. The van der Waals surface area contributed by atoms with Gasteiger partial charge in [-0.3, -0.25) is 4.79 Å². The van der Waals surface area contributed by atoms with Gasteiger partial charge in [-0.2, -0.15) is 0 Å². The minimum absolute atomic E-state index is 0.0502. The van der Waals surface area contributed by atoms with Crippen molar-refractivity contribution in [3.8, 4) is 0 Å². The molecule has 1 amide bonds. The number of para-hydroxylation sites is 1. The SMILES string of the molecule is Cc1cccc(C)c1NCC(=O)N1CC[C@H](O)C1. The number of hydrogen-bond donors (Lipinski definition) is 2. The van der Waals surface area contributed by atoms with E-state index in [0.29, 0.717) is 26.1 Å². The Morgan fingerprint density at radius 1 is 1.44 bits per heavy atom. The number of nitrogens with zero attached hydrogens (tertiary/aromatic N) is 1. The molecule has 2 N–H and O–H groups in total. The van der Waals surface area contributed by atoms with Crippen molar-refractivity contribution in [3.05, 3.63) is 29.3 Å². The number of aliphatic hydroxyl groups is 1. The topological polar surface area (TPSA) is 52.6 Å².